The zero-order valence-electron chi connectivity index (χ0n) is 20.6. The Bertz CT molecular complexity index is 888. The number of carbonyl (C=O) groups is 2. The average molecular weight is 445 g/mol. The smallest absolute Gasteiger partial charge is 0.255 e. The summed E-state index contributed by atoms with van der Waals surface area (Å²) in [6.45, 7) is 14.1. The van der Waals surface area contributed by atoms with Crippen LogP contribution < -0.4 is 10.6 Å². The van der Waals surface area contributed by atoms with E-state index in [1.807, 2.05) is 40.0 Å². The Hall–Kier alpha value is -2.15. The van der Waals surface area contributed by atoms with Gasteiger partial charge < -0.3 is 15.7 Å². The highest BCUT2D eigenvalue weighted by Crippen LogP contribution is 2.61. The second kappa shape index (κ2) is 9.00. The number of carbonyl (C=O) groups excluding carboxylic acids is 2. The average Bonchev–Trinajstić information content (AvgIpc) is 3.21. The quantitative estimate of drug-likeness (QED) is 0.599. The second-order valence-electron chi connectivity index (χ2n) is 11.1. The maximum atomic E-state index is 13.4. The minimum absolute atomic E-state index is 0.0226. The predicted molar refractivity (Wildman–Crippen MR) is 126 cm³/mol. The number of fused-ring (bicyclic) bond motifs is 1. The Kier molecular flexibility index (Phi) is 6.89. The van der Waals surface area contributed by atoms with Gasteiger partial charge >= 0.3 is 0 Å². The molecule has 0 radical (unpaired) electrons. The van der Waals surface area contributed by atoms with Gasteiger partial charge in [-0.15, -0.1) is 0 Å². The van der Waals surface area contributed by atoms with Crippen LogP contribution in [0, 0.1) is 23.2 Å². The molecule has 2 aliphatic rings. The second-order valence-corrected chi connectivity index (χ2v) is 11.1. The molecule has 178 valence electrons. The van der Waals surface area contributed by atoms with Gasteiger partial charge in [-0.25, -0.2) is 4.68 Å². The Morgan fingerprint density at radius 2 is 2.03 bits per heavy atom. The number of hydrogen-bond donors (Lipinski definition) is 3. The number of nitrogens with zero attached hydrogens (tertiary/aromatic N) is 2. The third kappa shape index (κ3) is 5.08. The molecule has 0 aliphatic heterocycles. The lowest BCUT2D eigenvalue weighted by molar-refractivity contribution is -0.120. The van der Waals surface area contributed by atoms with Crippen LogP contribution in [0.3, 0.4) is 0 Å². The van der Waals surface area contributed by atoms with Crippen molar-refractivity contribution in [2.75, 3.05) is 6.61 Å². The normalized spacial score (nSPS) is 30.2. The van der Waals surface area contributed by atoms with Gasteiger partial charge in [0.2, 0.25) is 5.91 Å². The van der Waals surface area contributed by atoms with Gasteiger partial charge in [-0.2, -0.15) is 5.10 Å². The molecule has 0 saturated heterocycles. The molecule has 5 atom stereocenters. The summed E-state index contributed by atoms with van der Waals surface area (Å²) in [6.07, 6.45) is 8.41. The molecule has 1 aromatic rings. The van der Waals surface area contributed by atoms with Crippen LogP contribution in [-0.4, -0.2) is 44.9 Å². The van der Waals surface area contributed by atoms with Gasteiger partial charge in [-0.1, -0.05) is 27.7 Å². The molecule has 4 unspecified atom stereocenters. The van der Waals surface area contributed by atoms with Gasteiger partial charge in [0.1, 0.15) is 0 Å². The van der Waals surface area contributed by atoms with Crippen LogP contribution >= 0.6 is 0 Å². The molecule has 0 spiro atoms. The summed E-state index contributed by atoms with van der Waals surface area (Å²) in [5.74, 6) is 1.15. The number of aliphatic hydroxyl groups is 1. The van der Waals surface area contributed by atoms with Crippen LogP contribution in [0.25, 0.3) is 6.20 Å². The highest BCUT2D eigenvalue weighted by Gasteiger charge is 2.60. The lowest BCUT2D eigenvalue weighted by Crippen LogP contribution is -2.42. The molecule has 2 aliphatic carbocycles. The van der Waals surface area contributed by atoms with Crippen molar-refractivity contribution in [1.29, 1.82) is 0 Å². The first-order valence-corrected chi connectivity index (χ1v) is 11.9. The van der Waals surface area contributed by atoms with Crippen molar-refractivity contribution < 1.29 is 14.7 Å². The highest BCUT2D eigenvalue weighted by atomic mass is 16.3. The van der Waals surface area contributed by atoms with Crippen LogP contribution in [0.4, 0.5) is 0 Å². The molecule has 32 heavy (non-hydrogen) atoms. The number of nitrogens with one attached hydrogen (secondary N) is 2. The standard InChI is InChI=1S/C25H40N4O3/c1-15(2)22-19(13-26-29(22)9-8-24(6,7)28-18(5)31)23(32)27-21-17(4)10-16(3)11-25(14-30)12-20(21)25/h8-9,13,15-17,20-21,30H,10-12,14H2,1-7H3,(H,27,32)(H,28,31)/b9-8+/t16?,17?,20?,21-,25?/m1/s1. The van der Waals surface area contributed by atoms with Crippen LogP contribution in [0.5, 0.6) is 0 Å². The number of aliphatic hydroxyl groups excluding tert-OH is 1. The molecule has 7 nitrogen and oxygen atoms in total. The summed E-state index contributed by atoms with van der Waals surface area (Å²) >= 11 is 0. The van der Waals surface area contributed by atoms with E-state index in [9.17, 15) is 14.7 Å². The molecule has 0 bridgehead atoms. The highest BCUT2D eigenvalue weighted by molar-refractivity contribution is 5.95. The Morgan fingerprint density at radius 3 is 2.62 bits per heavy atom. The first-order chi connectivity index (χ1) is 14.9. The minimum atomic E-state index is -0.527. The van der Waals surface area contributed by atoms with Crippen LogP contribution in [0.15, 0.2) is 12.3 Å². The molecule has 3 N–H and O–H groups in total. The van der Waals surface area contributed by atoms with Crippen molar-refractivity contribution in [3.05, 3.63) is 23.5 Å². The summed E-state index contributed by atoms with van der Waals surface area (Å²) < 4.78 is 1.73. The van der Waals surface area contributed by atoms with Crippen molar-refractivity contribution in [3.63, 3.8) is 0 Å². The van der Waals surface area contributed by atoms with Gasteiger partial charge in [0, 0.05) is 25.8 Å². The summed E-state index contributed by atoms with van der Waals surface area (Å²) in [5, 5.41) is 20.7. The Morgan fingerprint density at radius 1 is 1.34 bits per heavy atom. The molecular formula is C25H40N4O3. The summed E-state index contributed by atoms with van der Waals surface area (Å²) in [5.41, 5.74) is 0.879. The first kappa shape index (κ1) is 24.5. The molecule has 7 heteroatoms. The van der Waals surface area contributed by atoms with Crippen molar-refractivity contribution in [1.82, 2.24) is 20.4 Å². The van der Waals surface area contributed by atoms with E-state index in [0.29, 0.717) is 23.3 Å². The van der Waals surface area contributed by atoms with Gasteiger partial charge in [-0.05, 0) is 68.3 Å². The van der Waals surface area contributed by atoms with Crippen molar-refractivity contribution in [2.45, 2.75) is 85.2 Å². The van der Waals surface area contributed by atoms with Gasteiger partial charge in [0.15, 0.2) is 0 Å². The Labute approximate surface area is 192 Å². The van der Waals surface area contributed by atoms with Crippen LogP contribution in [0.1, 0.15) is 89.7 Å². The molecule has 1 heterocycles. The number of aromatic nitrogens is 2. The van der Waals surface area contributed by atoms with Crippen molar-refractivity contribution in [3.8, 4) is 0 Å². The third-order valence-electron chi connectivity index (χ3n) is 7.20. The van der Waals surface area contributed by atoms with E-state index in [2.05, 4.69) is 29.6 Å². The van der Waals surface area contributed by atoms with Crippen LogP contribution in [0.2, 0.25) is 0 Å². The largest absolute Gasteiger partial charge is 0.396 e. The molecule has 0 aromatic carbocycles. The predicted octanol–water partition coefficient (Wildman–Crippen LogP) is 3.55. The van der Waals surface area contributed by atoms with E-state index in [1.54, 1.807) is 10.9 Å². The summed E-state index contributed by atoms with van der Waals surface area (Å²) in [4.78, 5) is 24.8. The maximum absolute atomic E-state index is 13.4. The molecule has 2 fully saturated rings. The van der Waals surface area contributed by atoms with E-state index < -0.39 is 5.54 Å². The number of hydrogen-bond acceptors (Lipinski definition) is 4. The SMILES string of the molecule is CC(=O)NC(C)(C)/C=C/n1ncc(C(=O)N[C@@H]2C(C)CC(C)CC3(CO)CC23)c1C(C)C. The van der Waals surface area contributed by atoms with E-state index in [1.165, 1.54) is 6.92 Å². The zero-order chi connectivity index (χ0) is 23.8. The van der Waals surface area contributed by atoms with Gasteiger partial charge in [0.05, 0.1) is 23.0 Å². The molecule has 3 rings (SSSR count). The molecule has 2 saturated carbocycles. The fourth-order valence-electron chi connectivity index (χ4n) is 5.79. The monoisotopic (exact) mass is 444 g/mol. The topological polar surface area (TPSA) is 96.2 Å². The molecule has 2 amide bonds. The third-order valence-corrected chi connectivity index (χ3v) is 7.20. The Balaban J connectivity index is 1.82. The van der Waals surface area contributed by atoms with E-state index >= 15 is 0 Å². The maximum Gasteiger partial charge on any atom is 0.255 e. The van der Waals surface area contributed by atoms with Crippen LogP contribution in [-0.2, 0) is 4.79 Å². The van der Waals surface area contributed by atoms with Gasteiger partial charge in [0.25, 0.3) is 5.91 Å². The summed E-state index contributed by atoms with van der Waals surface area (Å²) in [7, 11) is 0. The number of rotatable bonds is 7. The minimum Gasteiger partial charge on any atom is -0.396 e. The number of amides is 2. The van der Waals surface area contributed by atoms with Crippen molar-refractivity contribution >= 4 is 18.0 Å². The first-order valence-electron chi connectivity index (χ1n) is 11.9. The van der Waals surface area contributed by atoms with E-state index in [0.717, 1.165) is 25.0 Å². The molecular weight excluding hydrogens is 404 g/mol. The lowest BCUT2D eigenvalue weighted by Gasteiger charge is -2.25. The van der Waals surface area contributed by atoms with E-state index in [4.69, 9.17) is 0 Å². The zero-order valence-corrected chi connectivity index (χ0v) is 20.6. The van der Waals surface area contributed by atoms with Crippen molar-refractivity contribution in [2.24, 2.45) is 23.2 Å². The lowest BCUT2D eigenvalue weighted by atomic mass is 9.89. The fraction of sp³-hybridized carbons (Fsp3) is 0.720. The van der Waals surface area contributed by atoms with Gasteiger partial charge in [-0.3, -0.25) is 9.59 Å². The fourth-order valence-corrected chi connectivity index (χ4v) is 5.79. The van der Waals surface area contributed by atoms with E-state index in [-0.39, 0.29) is 35.8 Å². The molecule has 1 aromatic heterocycles. The summed E-state index contributed by atoms with van der Waals surface area (Å²) in [6, 6.07) is 0.0669.